The van der Waals surface area contributed by atoms with Crippen LogP contribution in [0.2, 0.25) is 0 Å². The number of unbranched alkanes of at least 4 members (excludes halogenated alkanes) is 26. The van der Waals surface area contributed by atoms with Gasteiger partial charge in [-0.25, -0.2) is 0 Å². The monoisotopic (exact) mass is 1080 g/mol. The fourth-order valence-electron chi connectivity index (χ4n) is 9.37. The van der Waals surface area contributed by atoms with Crippen molar-refractivity contribution in [1.82, 2.24) is 5.32 Å². The molecule has 77 heavy (non-hydrogen) atoms. The van der Waals surface area contributed by atoms with Crippen LogP contribution in [-0.2, 0) is 23.8 Å². The predicted octanol–water partition coefficient (Wildman–Crippen LogP) is 14.9. The largest absolute Gasteiger partial charge is 0.454 e. The third-order valence-corrected chi connectivity index (χ3v) is 14.3. The molecule has 1 saturated heterocycles. The Labute approximate surface area is 470 Å². The Balaban J connectivity index is 2.70. The van der Waals surface area contributed by atoms with E-state index in [-0.39, 0.29) is 19.4 Å². The second kappa shape index (κ2) is 53.5. The molecule has 0 aromatic heterocycles. The lowest BCUT2D eigenvalue weighted by Gasteiger charge is -2.41. The number of aliphatic hydroxyl groups excluding tert-OH is 5. The highest BCUT2D eigenvalue weighted by atomic mass is 16.7. The lowest BCUT2D eigenvalue weighted by Crippen LogP contribution is -2.61. The van der Waals surface area contributed by atoms with Crippen molar-refractivity contribution in [3.8, 4) is 0 Å². The minimum Gasteiger partial charge on any atom is -0.454 e. The van der Waals surface area contributed by atoms with Crippen LogP contribution in [0.25, 0.3) is 0 Å². The van der Waals surface area contributed by atoms with Gasteiger partial charge in [-0.3, -0.25) is 9.59 Å². The van der Waals surface area contributed by atoms with Gasteiger partial charge in [-0.15, -0.1) is 0 Å². The number of rotatable bonds is 52. The van der Waals surface area contributed by atoms with Gasteiger partial charge in [0.05, 0.1) is 25.4 Å². The van der Waals surface area contributed by atoms with Crippen molar-refractivity contribution >= 4 is 11.9 Å². The highest BCUT2D eigenvalue weighted by molar-refractivity contribution is 5.80. The first-order valence-electron chi connectivity index (χ1n) is 31.4. The molecule has 0 aromatic carbocycles. The first kappa shape index (κ1) is 71.9. The van der Waals surface area contributed by atoms with Gasteiger partial charge >= 0.3 is 5.97 Å². The molecule has 0 bridgehead atoms. The average molecular weight is 1080 g/mol. The lowest BCUT2D eigenvalue weighted by molar-refractivity contribution is -0.305. The van der Waals surface area contributed by atoms with Gasteiger partial charge in [-0.2, -0.15) is 0 Å². The standard InChI is InChI=1S/C66H115NO10/c1-4-7-10-13-16-19-22-24-26-28-29-30-32-33-35-38-41-44-47-50-53-59(70)65(74)67-57(58(69)52-49-46-43-40-37-21-18-15-12-9-6-3)56-75-66-64(63(73)62(72)60(55-68)76-66)77-61(71)54-51-48-45-42-39-36-34-31-27-25-23-20-17-14-11-8-5-2/h7,10,16,19,24,26,29-30,33,35,41,44,49,52,57-60,62-64,66,68-70,72-73H,4-6,8-9,11-15,17-18,20-23,25,27-28,31-32,34,36-40,42-43,45-48,50-51,53-56H2,1-3H3,(H,67,74)/b10-7-,19-16-,26-24-,30-29-,35-33-,44-41-,52-49+. The first-order chi connectivity index (χ1) is 37.7. The zero-order valence-electron chi connectivity index (χ0n) is 49.1. The number of amides is 1. The van der Waals surface area contributed by atoms with Gasteiger partial charge in [0.15, 0.2) is 12.4 Å². The van der Waals surface area contributed by atoms with E-state index in [2.05, 4.69) is 92.9 Å². The molecule has 0 spiro atoms. The Bertz CT molecular complexity index is 1570. The maximum Gasteiger partial charge on any atom is 0.306 e. The number of carbonyl (C=O) groups is 2. The van der Waals surface area contributed by atoms with Crippen LogP contribution >= 0.6 is 0 Å². The molecule has 1 heterocycles. The van der Waals surface area contributed by atoms with Gasteiger partial charge in [-0.1, -0.05) is 260 Å². The molecule has 1 rings (SSSR count). The lowest BCUT2D eigenvalue weighted by atomic mass is 9.99. The number of carbonyl (C=O) groups excluding carboxylic acids is 2. The summed E-state index contributed by atoms with van der Waals surface area (Å²) in [6.07, 6.45) is 59.1. The third kappa shape index (κ3) is 41.5. The summed E-state index contributed by atoms with van der Waals surface area (Å²) in [5.41, 5.74) is 0. The van der Waals surface area contributed by atoms with Crippen molar-refractivity contribution in [1.29, 1.82) is 0 Å². The molecule has 0 radical (unpaired) electrons. The molecule has 8 unspecified atom stereocenters. The molecule has 6 N–H and O–H groups in total. The SMILES string of the molecule is CC/C=C\C/C=C\C/C=C\C/C=C\C/C=C\C/C=C\CCCC(O)C(=O)NC(COC1OC(CO)C(O)C(O)C1OC(=O)CCCCCCCCCCCCCCCCCCC)C(O)/C=C/CCCCCCCCCCC. The second-order valence-electron chi connectivity index (χ2n) is 21.4. The van der Waals surface area contributed by atoms with E-state index in [4.69, 9.17) is 14.2 Å². The zero-order chi connectivity index (χ0) is 56.1. The van der Waals surface area contributed by atoms with Crippen molar-refractivity contribution in [3.05, 3.63) is 85.1 Å². The van der Waals surface area contributed by atoms with Crippen LogP contribution in [0.5, 0.6) is 0 Å². The highest BCUT2D eigenvalue weighted by Crippen LogP contribution is 2.26. The summed E-state index contributed by atoms with van der Waals surface area (Å²) < 4.78 is 17.6. The summed E-state index contributed by atoms with van der Waals surface area (Å²) in [5.74, 6) is -1.24. The normalized spacial score (nSPS) is 19.6. The molecule has 0 aliphatic carbocycles. The average Bonchev–Trinajstić information content (AvgIpc) is 3.43. The number of hydrogen-bond donors (Lipinski definition) is 6. The van der Waals surface area contributed by atoms with Gasteiger partial charge in [0.2, 0.25) is 5.91 Å². The molecule has 8 atom stereocenters. The van der Waals surface area contributed by atoms with Gasteiger partial charge in [0.25, 0.3) is 0 Å². The molecule has 1 aliphatic rings. The maximum absolute atomic E-state index is 13.4. The Morgan fingerprint density at radius 2 is 0.935 bits per heavy atom. The summed E-state index contributed by atoms with van der Waals surface area (Å²) in [6.45, 7) is 5.65. The van der Waals surface area contributed by atoms with E-state index in [1.165, 1.54) is 122 Å². The second-order valence-corrected chi connectivity index (χ2v) is 21.4. The van der Waals surface area contributed by atoms with Crippen molar-refractivity contribution in [2.24, 2.45) is 0 Å². The van der Waals surface area contributed by atoms with E-state index >= 15 is 0 Å². The van der Waals surface area contributed by atoms with Crippen molar-refractivity contribution in [2.45, 2.75) is 307 Å². The van der Waals surface area contributed by atoms with Gasteiger partial charge in [0.1, 0.15) is 24.4 Å². The fraction of sp³-hybridized carbons (Fsp3) is 0.758. The topological polar surface area (TPSA) is 175 Å². The minimum absolute atomic E-state index is 0.118. The summed E-state index contributed by atoms with van der Waals surface area (Å²) in [5, 5.41) is 56.9. The van der Waals surface area contributed by atoms with Gasteiger partial charge < -0.3 is 45.1 Å². The predicted molar refractivity (Wildman–Crippen MR) is 319 cm³/mol. The highest BCUT2D eigenvalue weighted by Gasteiger charge is 2.47. The number of esters is 1. The van der Waals surface area contributed by atoms with Crippen LogP contribution in [0.3, 0.4) is 0 Å². The fourth-order valence-corrected chi connectivity index (χ4v) is 9.37. The molecular formula is C66H115NO10. The smallest absolute Gasteiger partial charge is 0.306 e. The summed E-state index contributed by atoms with van der Waals surface area (Å²) >= 11 is 0. The van der Waals surface area contributed by atoms with Crippen LogP contribution in [0, 0.1) is 0 Å². The molecule has 1 amide bonds. The van der Waals surface area contributed by atoms with E-state index < -0.39 is 67.4 Å². The van der Waals surface area contributed by atoms with Gasteiger partial charge in [-0.05, 0) is 77.0 Å². The number of allylic oxidation sites excluding steroid dienone is 13. The Morgan fingerprint density at radius 1 is 0.519 bits per heavy atom. The molecule has 1 fully saturated rings. The van der Waals surface area contributed by atoms with Crippen molar-refractivity contribution in [2.75, 3.05) is 13.2 Å². The number of hydrogen-bond acceptors (Lipinski definition) is 10. The third-order valence-electron chi connectivity index (χ3n) is 14.3. The molecule has 0 aromatic rings. The Kier molecular flexibility index (Phi) is 49.9. The number of ether oxygens (including phenoxy) is 3. The Morgan fingerprint density at radius 3 is 1.39 bits per heavy atom. The molecule has 444 valence electrons. The van der Waals surface area contributed by atoms with Gasteiger partial charge in [0, 0.05) is 6.42 Å². The minimum atomic E-state index is -1.62. The van der Waals surface area contributed by atoms with E-state index in [1.54, 1.807) is 6.08 Å². The Hall–Kier alpha value is -3.16. The van der Waals surface area contributed by atoms with Crippen LogP contribution in [0.15, 0.2) is 85.1 Å². The van der Waals surface area contributed by atoms with Crippen LogP contribution in [0.1, 0.15) is 258 Å². The van der Waals surface area contributed by atoms with E-state index in [1.807, 2.05) is 12.2 Å². The van der Waals surface area contributed by atoms with Crippen molar-refractivity contribution < 1.29 is 49.3 Å². The summed E-state index contributed by atoms with van der Waals surface area (Å²) in [4.78, 5) is 26.5. The van der Waals surface area contributed by atoms with E-state index in [0.29, 0.717) is 19.3 Å². The molecule has 11 heteroatoms. The maximum atomic E-state index is 13.4. The quantitative estimate of drug-likeness (QED) is 0.0195. The summed E-state index contributed by atoms with van der Waals surface area (Å²) in [6, 6.07) is -1.05. The van der Waals surface area contributed by atoms with Crippen LogP contribution < -0.4 is 5.32 Å². The molecular weight excluding hydrogens is 967 g/mol. The molecule has 11 nitrogen and oxygen atoms in total. The van der Waals surface area contributed by atoms with Crippen LogP contribution in [-0.4, -0.2) is 99.6 Å². The molecule has 0 saturated carbocycles. The van der Waals surface area contributed by atoms with Crippen LogP contribution in [0.4, 0.5) is 0 Å². The van der Waals surface area contributed by atoms with Crippen molar-refractivity contribution in [3.63, 3.8) is 0 Å². The number of aliphatic hydroxyl groups is 5. The van der Waals surface area contributed by atoms with E-state index in [9.17, 15) is 35.1 Å². The first-order valence-corrected chi connectivity index (χ1v) is 31.4. The molecule has 1 aliphatic heterocycles. The van der Waals surface area contributed by atoms with E-state index in [0.717, 1.165) is 83.5 Å². The summed E-state index contributed by atoms with van der Waals surface area (Å²) in [7, 11) is 0. The zero-order valence-corrected chi connectivity index (χ0v) is 49.1. The number of nitrogens with one attached hydrogen (secondary N) is 1.